The highest BCUT2D eigenvalue weighted by molar-refractivity contribution is 8.00. The second-order valence-corrected chi connectivity index (χ2v) is 7.77. The minimum Gasteiger partial charge on any atom is -0.325 e. The summed E-state index contributed by atoms with van der Waals surface area (Å²) in [6, 6.07) is 17.9. The van der Waals surface area contributed by atoms with Crippen LogP contribution in [0.5, 0.6) is 0 Å². The van der Waals surface area contributed by atoms with E-state index in [9.17, 15) is 4.79 Å². The van der Waals surface area contributed by atoms with E-state index in [4.69, 9.17) is 0 Å². The zero-order valence-corrected chi connectivity index (χ0v) is 16.8. The molecule has 0 saturated heterocycles. The van der Waals surface area contributed by atoms with Crippen molar-refractivity contribution in [3.63, 3.8) is 0 Å². The summed E-state index contributed by atoms with van der Waals surface area (Å²) in [5.41, 5.74) is 5.87. The first-order chi connectivity index (χ1) is 13.0. The largest absolute Gasteiger partial charge is 0.325 e. The highest BCUT2D eigenvalue weighted by Gasteiger charge is 2.18. The van der Waals surface area contributed by atoms with Crippen molar-refractivity contribution < 1.29 is 4.79 Å². The third kappa shape index (κ3) is 4.55. The van der Waals surface area contributed by atoms with Crippen LogP contribution in [0.4, 0.5) is 5.69 Å². The average molecular weight is 378 g/mol. The summed E-state index contributed by atoms with van der Waals surface area (Å²) in [4.78, 5) is 21.7. The van der Waals surface area contributed by atoms with Crippen LogP contribution in [0, 0.1) is 20.8 Å². The number of nitrogens with zero attached hydrogens (tertiary/aromatic N) is 2. The van der Waals surface area contributed by atoms with Crippen molar-refractivity contribution in [2.24, 2.45) is 0 Å². The normalized spacial score (nSPS) is 11.9. The van der Waals surface area contributed by atoms with Crippen LogP contribution in [0.3, 0.4) is 0 Å². The molecule has 0 aliphatic rings. The van der Waals surface area contributed by atoms with Gasteiger partial charge >= 0.3 is 0 Å². The Morgan fingerprint density at radius 2 is 1.52 bits per heavy atom. The van der Waals surface area contributed by atoms with E-state index in [1.807, 2.05) is 82.3 Å². The van der Waals surface area contributed by atoms with Crippen molar-refractivity contribution in [1.82, 2.24) is 9.97 Å². The lowest BCUT2D eigenvalue weighted by molar-refractivity contribution is -0.115. The van der Waals surface area contributed by atoms with Gasteiger partial charge in [0.2, 0.25) is 5.91 Å². The fourth-order valence-corrected chi connectivity index (χ4v) is 3.56. The van der Waals surface area contributed by atoms with Crippen molar-refractivity contribution in [1.29, 1.82) is 0 Å². The van der Waals surface area contributed by atoms with Crippen molar-refractivity contribution in [3.8, 4) is 11.1 Å². The first kappa shape index (κ1) is 19.1. The van der Waals surface area contributed by atoms with Gasteiger partial charge in [0, 0.05) is 22.6 Å². The van der Waals surface area contributed by atoms with Crippen LogP contribution in [-0.4, -0.2) is 21.1 Å². The maximum Gasteiger partial charge on any atom is 0.237 e. The van der Waals surface area contributed by atoms with Gasteiger partial charge in [-0.05, 0) is 44.9 Å². The molecule has 0 aliphatic heterocycles. The molecule has 1 amide bonds. The van der Waals surface area contributed by atoms with Crippen molar-refractivity contribution in [2.75, 3.05) is 5.32 Å². The summed E-state index contributed by atoms with van der Waals surface area (Å²) in [7, 11) is 0. The number of carbonyl (C=O) groups excluding carboxylic acids is 1. The number of hydrogen-bond donors (Lipinski definition) is 1. The van der Waals surface area contributed by atoms with Gasteiger partial charge in [-0.15, -0.1) is 0 Å². The monoisotopic (exact) mass is 377 g/mol. The minimum absolute atomic E-state index is 0.0668. The van der Waals surface area contributed by atoms with Gasteiger partial charge in [0.15, 0.2) is 5.16 Å². The molecule has 4 nitrogen and oxygen atoms in total. The van der Waals surface area contributed by atoms with Gasteiger partial charge in [0.25, 0.3) is 0 Å². The molecule has 1 heterocycles. The van der Waals surface area contributed by atoms with E-state index < -0.39 is 0 Å². The van der Waals surface area contributed by atoms with E-state index in [1.54, 1.807) is 0 Å². The maximum atomic E-state index is 12.7. The Bertz CT molecular complexity index is 934. The summed E-state index contributed by atoms with van der Waals surface area (Å²) in [6.07, 6.45) is 0. The smallest absolute Gasteiger partial charge is 0.237 e. The summed E-state index contributed by atoms with van der Waals surface area (Å²) < 4.78 is 0. The zero-order valence-electron chi connectivity index (χ0n) is 16.0. The predicted molar refractivity (Wildman–Crippen MR) is 112 cm³/mol. The number of hydrogen-bond acceptors (Lipinski definition) is 4. The van der Waals surface area contributed by atoms with Gasteiger partial charge in [-0.2, -0.15) is 0 Å². The lowest BCUT2D eigenvalue weighted by atomic mass is 10.0. The number of benzene rings is 2. The van der Waals surface area contributed by atoms with E-state index in [1.165, 1.54) is 11.8 Å². The van der Waals surface area contributed by atoms with E-state index >= 15 is 0 Å². The van der Waals surface area contributed by atoms with Crippen LogP contribution in [0.2, 0.25) is 0 Å². The Hall–Kier alpha value is -2.66. The van der Waals surface area contributed by atoms with Gasteiger partial charge in [-0.3, -0.25) is 4.79 Å². The molecule has 0 saturated carbocycles. The molecule has 1 aromatic heterocycles. The van der Waals surface area contributed by atoms with E-state index in [0.717, 1.165) is 33.8 Å². The zero-order chi connectivity index (χ0) is 19.4. The fourth-order valence-electron chi connectivity index (χ4n) is 2.70. The molecule has 0 radical (unpaired) electrons. The third-order valence-electron chi connectivity index (χ3n) is 4.53. The van der Waals surface area contributed by atoms with Crippen molar-refractivity contribution in [3.05, 3.63) is 71.5 Å². The number of amides is 1. The van der Waals surface area contributed by atoms with Gasteiger partial charge in [0.05, 0.1) is 5.25 Å². The first-order valence-corrected chi connectivity index (χ1v) is 9.77. The van der Waals surface area contributed by atoms with Crippen LogP contribution in [0.1, 0.15) is 23.9 Å². The minimum atomic E-state index is -0.310. The number of anilines is 1. The molecule has 0 bridgehead atoms. The number of nitrogens with one attached hydrogen (secondary N) is 1. The molecule has 5 heteroatoms. The van der Waals surface area contributed by atoms with E-state index in [2.05, 4.69) is 15.3 Å². The van der Waals surface area contributed by atoms with Crippen LogP contribution < -0.4 is 5.32 Å². The number of carbonyl (C=O) groups is 1. The topological polar surface area (TPSA) is 54.9 Å². The predicted octanol–water partition coefficient (Wildman–Crippen LogP) is 5.19. The fraction of sp³-hybridized carbons (Fsp3) is 0.227. The number of rotatable bonds is 5. The molecular formula is C22H23N3OS. The summed E-state index contributed by atoms with van der Waals surface area (Å²) in [5.74, 6) is -0.0668. The molecule has 0 spiro atoms. The van der Waals surface area contributed by atoms with Crippen LogP contribution >= 0.6 is 11.8 Å². The molecular weight excluding hydrogens is 354 g/mol. The summed E-state index contributed by atoms with van der Waals surface area (Å²) >= 11 is 1.38. The first-order valence-electron chi connectivity index (χ1n) is 8.89. The Kier molecular flexibility index (Phi) is 5.91. The third-order valence-corrected chi connectivity index (χ3v) is 5.49. The lowest BCUT2D eigenvalue weighted by Gasteiger charge is -2.15. The molecule has 3 aromatic rings. The van der Waals surface area contributed by atoms with Crippen molar-refractivity contribution in [2.45, 2.75) is 38.1 Å². The molecule has 3 rings (SSSR count). The quantitative estimate of drug-likeness (QED) is 0.491. The molecule has 1 N–H and O–H groups in total. The van der Waals surface area contributed by atoms with Crippen LogP contribution in [0.15, 0.2) is 59.8 Å². The second kappa shape index (κ2) is 8.35. The summed E-state index contributed by atoms with van der Waals surface area (Å²) in [5, 5.41) is 3.38. The average Bonchev–Trinajstić information content (AvgIpc) is 2.67. The Balaban J connectivity index is 1.76. The Morgan fingerprint density at radius 3 is 2.19 bits per heavy atom. The van der Waals surface area contributed by atoms with Crippen LogP contribution in [0.25, 0.3) is 11.1 Å². The molecule has 1 unspecified atom stereocenters. The number of para-hydroxylation sites is 1. The molecule has 0 fully saturated rings. The van der Waals surface area contributed by atoms with Gasteiger partial charge in [0.1, 0.15) is 0 Å². The van der Waals surface area contributed by atoms with E-state index in [-0.39, 0.29) is 11.2 Å². The van der Waals surface area contributed by atoms with Gasteiger partial charge in [-0.25, -0.2) is 9.97 Å². The second-order valence-electron chi connectivity index (χ2n) is 6.46. The molecule has 1 atom stereocenters. The molecule has 27 heavy (non-hydrogen) atoms. The Morgan fingerprint density at radius 1 is 0.926 bits per heavy atom. The lowest BCUT2D eigenvalue weighted by Crippen LogP contribution is -2.23. The van der Waals surface area contributed by atoms with Gasteiger partial charge < -0.3 is 5.32 Å². The number of aryl methyl sites for hydroxylation is 2. The number of thioether (sulfide) groups is 1. The van der Waals surface area contributed by atoms with E-state index in [0.29, 0.717) is 5.16 Å². The molecule has 2 aromatic carbocycles. The Labute approximate surface area is 164 Å². The maximum absolute atomic E-state index is 12.7. The molecule has 138 valence electrons. The summed E-state index contributed by atoms with van der Waals surface area (Å²) in [6.45, 7) is 7.82. The van der Waals surface area contributed by atoms with Crippen LogP contribution in [-0.2, 0) is 4.79 Å². The van der Waals surface area contributed by atoms with Gasteiger partial charge in [-0.1, -0.05) is 60.3 Å². The van der Waals surface area contributed by atoms with Crippen molar-refractivity contribution >= 4 is 23.4 Å². The highest BCUT2D eigenvalue weighted by Crippen LogP contribution is 2.29. The SMILES string of the molecule is Cc1nc(SC(C)C(=O)Nc2ccccc2-c2ccccc2)nc(C)c1C. The highest BCUT2D eigenvalue weighted by atomic mass is 32.2. The number of aromatic nitrogens is 2. The molecule has 0 aliphatic carbocycles. The standard InChI is InChI=1S/C22H23N3OS/c1-14-15(2)23-22(24-16(14)3)27-17(4)21(26)25-20-13-9-8-12-19(20)18-10-6-5-7-11-18/h5-13,17H,1-4H3,(H,25,26).